The molecule has 1 atom stereocenters. The summed E-state index contributed by atoms with van der Waals surface area (Å²) < 4.78 is 0. The standard InChI is InChI=1S/C8H11N3O4/c1-4(12)10-6(7(13)14)2-5-3-9-8(15)11-5/h3,6H,2H2,1H3,(H,10,12)(H,13,14)(H2,9,11,15)/t6-/m0/s1. The highest BCUT2D eigenvalue weighted by Crippen LogP contribution is 1.96. The number of hydrogen-bond donors (Lipinski definition) is 4. The molecule has 1 amide bonds. The lowest BCUT2D eigenvalue weighted by Crippen LogP contribution is -2.41. The van der Waals surface area contributed by atoms with Crippen molar-refractivity contribution in [2.75, 3.05) is 0 Å². The van der Waals surface area contributed by atoms with Gasteiger partial charge in [-0.05, 0) is 0 Å². The number of carbonyl (C=O) groups excluding carboxylic acids is 1. The van der Waals surface area contributed by atoms with Crippen molar-refractivity contribution in [3.63, 3.8) is 0 Å². The van der Waals surface area contributed by atoms with Gasteiger partial charge in [-0.1, -0.05) is 0 Å². The number of imidazole rings is 1. The average Bonchev–Trinajstić information content (AvgIpc) is 2.49. The first-order chi connectivity index (χ1) is 6.99. The van der Waals surface area contributed by atoms with Crippen molar-refractivity contribution in [2.24, 2.45) is 0 Å². The number of aromatic amines is 2. The van der Waals surface area contributed by atoms with Crippen LogP contribution in [0.25, 0.3) is 0 Å². The van der Waals surface area contributed by atoms with E-state index in [1.165, 1.54) is 13.1 Å². The van der Waals surface area contributed by atoms with E-state index in [0.717, 1.165) is 0 Å². The van der Waals surface area contributed by atoms with Crippen molar-refractivity contribution in [1.29, 1.82) is 0 Å². The van der Waals surface area contributed by atoms with Crippen LogP contribution in [0.5, 0.6) is 0 Å². The Morgan fingerprint density at radius 3 is 2.67 bits per heavy atom. The minimum atomic E-state index is -1.15. The molecule has 7 nitrogen and oxygen atoms in total. The average molecular weight is 213 g/mol. The normalized spacial score (nSPS) is 12.1. The number of carboxylic acids is 1. The summed E-state index contributed by atoms with van der Waals surface area (Å²) in [5.74, 6) is -1.58. The van der Waals surface area contributed by atoms with Crippen LogP contribution in [0.2, 0.25) is 0 Å². The van der Waals surface area contributed by atoms with E-state index in [9.17, 15) is 14.4 Å². The lowest BCUT2D eigenvalue weighted by Gasteiger charge is -2.11. The van der Waals surface area contributed by atoms with Crippen molar-refractivity contribution in [3.05, 3.63) is 22.4 Å². The molecule has 82 valence electrons. The summed E-state index contributed by atoms with van der Waals surface area (Å²) in [4.78, 5) is 36.9. The largest absolute Gasteiger partial charge is 0.480 e. The molecule has 0 saturated carbocycles. The number of aromatic nitrogens is 2. The van der Waals surface area contributed by atoms with Crippen LogP contribution in [-0.4, -0.2) is 33.0 Å². The van der Waals surface area contributed by atoms with Gasteiger partial charge in [-0.2, -0.15) is 0 Å². The predicted molar refractivity (Wildman–Crippen MR) is 50.4 cm³/mol. The van der Waals surface area contributed by atoms with Gasteiger partial charge in [0.15, 0.2) is 0 Å². The number of H-pyrrole nitrogens is 2. The number of carbonyl (C=O) groups is 2. The van der Waals surface area contributed by atoms with E-state index in [2.05, 4.69) is 15.3 Å². The van der Waals surface area contributed by atoms with Crippen molar-refractivity contribution in [3.8, 4) is 0 Å². The van der Waals surface area contributed by atoms with Gasteiger partial charge < -0.3 is 20.4 Å². The second-order valence-electron chi connectivity index (χ2n) is 3.06. The van der Waals surface area contributed by atoms with Crippen molar-refractivity contribution >= 4 is 11.9 Å². The highest BCUT2D eigenvalue weighted by atomic mass is 16.4. The number of nitrogens with one attached hydrogen (secondary N) is 3. The Morgan fingerprint density at radius 1 is 1.60 bits per heavy atom. The summed E-state index contributed by atoms with van der Waals surface area (Å²) in [7, 11) is 0. The summed E-state index contributed by atoms with van der Waals surface area (Å²) in [6, 6.07) is -1.03. The van der Waals surface area contributed by atoms with Crippen LogP contribution < -0.4 is 11.0 Å². The molecule has 0 aromatic carbocycles. The molecule has 0 aliphatic rings. The molecule has 1 aromatic rings. The molecular formula is C8H11N3O4. The van der Waals surface area contributed by atoms with Gasteiger partial charge >= 0.3 is 11.7 Å². The Balaban J connectivity index is 2.70. The summed E-state index contributed by atoms with van der Waals surface area (Å²) in [6.45, 7) is 1.23. The fourth-order valence-corrected chi connectivity index (χ4v) is 1.15. The van der Waals surface area contributed by atoms with Crippen molar-refractivity contribution < 1.29 is 14.7 Å². The van der Waals surface area contributed by atoms with Crippen LogP contribution >= 0.6 is 0 Å². The van der Waals surface area contributed by atoms with Crippen LogP contribution in [0, 0.1) is 0 Å². The summed E-state index contributed by atoms with van der Waals surface area (Å²) in [5, 5.41) is 11.0. The predicted octanol–water partition coefficient (Wildman–Crippen LogP) is -1.17. The lowest BCUT2D eigenvalue weighted by atomic mass is 10.1. The molecule has 0 bridgehead atoms. The number of carboxylic acid groups (broad SMARTS) is 1. The third-order valence-corrected chi connectivity index (χ3v) is 1.75. The maximum absolute atomic E-state index is 10.7. The molecule has 0 radical (unpaired) electrons. The van der Waals surface area contributed by atoms with Gasteiger partial charge in [0.1, 0.15) is 6.04 Å². The van der Waals surface area contributed by atoms with Crippen LogP contribution in [0.3, 0.4) is 0 Å². The van der Waals surface area contributed by atoms with E-state index in [1.807, 2.05) is 0 Å². The van der Waals surface area contributed by atoms with Crippen molar-refractivity contribution in [2.45, 2.75) is 19.4 Å². The first-order valence-corrected chi connectivity index (χ1v) is 4.25. The molecule has 0 fully saturated rings. The molecule has 0 aliphatic heterocycles. The Bertz CT molecular complexity index is 420. The molecule has 0 unspecified atom stereocenters. The van der Waals surface area contributed by atoms with Crippen LogP contribution in [0.15, 0.2) is 11.0 Å². The third kappa shape index (κ3) is 3.29. The minimum absolute atomic E-state index is 0.0354. The van der Waals surface area contributed by atoms with Gasteiger partial charge in [0.2, 0.25) is 5.91 Å². The lowest BCUT2D eigenvalue weighted by molar-refractivity contribution is -0.141. The van der Waals surface area contributed by atoms with Crippen LogP contribution in [-0.2, 0) is 16.0 Å². The molecule has 7 heteroatoms. The van der Waals surface area contributed by atoms with Crippen molar-refractivity contribution in [1.82, 2.24) is 15.3 Å². The summed E-state index contributed by atoms with van der Waals surface area (Å²) >= 11 is 0. The van der Waals surface area contributed by atoms with Gasteiger partial charge in [-0.25, -0.2) is 9.59 Å². The van der Waals surface area contributed by atoms with Gasteiger partial charge in [0.25, 0.3) is 0 Å². The highest BCUT2D eigenvalue weighted by Gasteiger charge is 2.19. The monoisotopic (exact) mass is 213 g/mol. The van der Waals surface area contributed by atoms with Gasteiger partial charge in [-0.3, -0.25) is 4.79 Å². The Labute approximate surface area is 84.5 Å². The Kier molecular flexibility index (Phi) is 3.27. The molecule has 15 heavy (non-hydrogen) atoms. The van der Waals surface area contributed by atoms with E-state index in [0.29, 0.717) is 5.69 Å². The first-order valence-electron chi connectivity index (χ1n) is 4.25. The third-order valence-electron chi connectivity index (χ3n) is 1.75. The molecule has 0 aliphatic carbocycles. The topological polar surface area (TPSA) is 115 Å². The molecule has 0 saturated heterocycles. The number of aliphatic carboxylic acids is 1. The maximum atomic E-state index is 10.7. The van der Waals surface area contributed by atoms with E-state index >= 15 is 0 Å². The number of rotatable bonds is 4. The fourth-order valence-electron chi connectivity index (χ4n) is 1.15. The molecule has 1 aromatic heterocycles. The zero-order chi connectivity index (χ0) is 11.4. The zero-order valence-corrected chi connectivity index (χ0v) is 8.03. The first kappa shape index (κ1) is 11.0. The van der Waals surface area contributed by atoms with E-state index in [-0.39, 0.29) is 6.42 Å². The number of amides is 1. The minimum Gasteiger partial charge on any atom is -0.480 e. The highest BCUT2D eigenvalue weighted by molar-refractivity contribution is 5.82. The van der Waals surface area contributed by atoms with Gasteiger partial charge in [0, 0.05) is 25.2 Å². The maximum Gasteiger partial charge on any atom is 0.326 e. The molecule has 0 spiro atoms. The van der Waals surface area contributed by atoms with E-state index in [1.54, 1.807) is 0 Å². The van der Waals surface area contributed by atoms with Gasteiger partial charge in [-0.15, -0.1) is 0 Å². The summed E-state index contributed by atoms with van der Waals surface area (Å²) in [6.07, 6.45) is 1.41. The van der Waals surface area contributed by atoms with E-state index in [4.69, 9.17) is 5.11 Å². The SMILES string of the molecule is CC(=O)N[C@@H](Cc1c[nH]c(=O)[nH]1)C(=O)O. The smallest absolute Gasteiger partial charge is 0.326 e. The number of hydrogen-bond acceptors (Lipinski definition) is 3. The zero-order valence-electron chi connectivity index (χ0n) is 8.03. The Morgan fingerprint density at radius 2 is 2.27 bits per heavy atom. The second-order valence-corrected chi connectivity index (χ2v) is 3.06. The van der Waals surface area contributed by atoms with Crippen LogP contribution in [0.1, 0.15) is 12.6 Å². The Hall–Kier alpha value is -2.05. The summed E-state index contributed by atoms with van der Waals surface area (Å²) in [5.41, 5.74) is 0.0260. The van der Waals surface area contributed by atoms with Crippen LogP contribution in [0.4, 0.5) is 0 Å². The second kappa shape index (κ2) is 4.45. The molecular weight excluding hydrogens is 202 g/mol. The van der Waals surface area contributed by atoms with Gasteiger partial charge in [0.05, 0.1) is 0 Å². The molecule has 1 heterocycles. The van der Waals surface area contributed by atoms with E-state index < -0.39 is 23.6 Å². The molecule has 4 N–H and O–H groups in total. The fraction of sp³-hybridized carbons (Fsp3) is 0.375. The quantitative estimate of drug-likeness (QED) is 0.504. The molecule has 1 rings (SSSR count).